The van der Waals surface area contributed by atoms with E-state index in [9.17, 15) is 9.90 Å². The van der Waals surface area contributed by atoms with Crippen molar-refractivity contribution in [2.75, 3.05) is 12.6 Å². The van der Waals surface area contributed by atoms with E-state index in [1.807, 2.05) is 32.0 Å². The van der Waals surface area contributed by atoms with Crippen LogP contribution in [0.3, 0.4) is 0 Å². The van der Waals surface area contributed by atoms with E-state index in [1.165, 1.54) is 19.2 Å². The van der Waals surface area contributed by atoms with Crippen LogP contribution in [0.1, 0.15) is 21.5 Å². The monoisotopic (exact) mass is 286 g/mol. The topological polar surface area (TPSA) is 70.6 Å². The average molecular weight is 286 g/mol. The van der Waals surface area contributed by atoms with Gasteiger partial charge in [0.2, 0.25) is 0 Å². The van der Waals surface area contributed by atoms with Gasteiger partial charge in [-0.05, 0) is 49.2 Å². The third-order valence-electron chi connectivity index (χ3n) is 3.27. The summed E-state index contributed by atoms with van der Waals surface area (Å²) in [6, 6.07) is 10.3. The van der Waals surface area contributed by atoms with Crippen molar-refractivity contribution < 1.29 is 19.5 Å². The fraction of sp³-hybridized carbons (Fsp3) is 0.188. The van der Waals surface area contributed by atoms with Gasteiger partial charge in [-0.2, -0.15) is 0 Å². The molecule has 0 aromatic heterocycles. The number of aryl methyl sites for hydroxylation is 1. The number of anilines is 1. The molecule has 0 aliphatic heterocycles. The lowest BCUT2D eigenvalue weighted by atomic mass is 10.1. The molecule has 0 bridgehead atoms. The Hall–Kier alpha value is -2.69. The lowest BCUT2D eigenvalue weighted by Crippen LogP contribution is -2.23. The Balaban J connectivity index is 2.19. The van der Waals surface area contributed by atoms with Gasteiger partial charge in [-0.25, -0.2) is 5.48 Å². The van der Waals surface area contributed by atoms with Crippen molar-refractivity contribution in [2.24, 2.45) is 0 Å². The molecule has 1 N–H and O–H groups in total. The molecule has 5 heteroatoms. The Labute approximate surface area is 123 Å². The molecule has 0 aliphatic carbocycles. The van der Waals surface area contributed by atoms with E-state index in [0.29, 0.717) is 5.75 Å². The quantitative estimate of drug-likeness (QED) is 0.852. The van der Waals surface area contributed by atoms with Gasteiger partial charge in [0.25, 0.3) is 0 Å². The number of carbonyl (C=O) groups is 1. The average Bonchev–Trinajstić information content (AvgIpc) is 2.48. The zero-order chi connectivity index (χ0) is 15.4. The molecule has 5 nitrogen and oxygen atoms in total. The summed E-state index contributed by atoms with van der Waals surface area (Å²) >= 11 is 0. The SMILES string of the molecule is COc1ccc(ONc2cccc(C)c2C)cc1C(=O)[O-]. The molecule has 0 saturated carbocycles. The van der Waals surface area contributed by atoms with Gasteiger partial charge in [-0.3, -0.25) is 0 Å². The van der Waals surface area contributed by atoms with E-state index in [1.54, 1.807) is 6.07 Å². The molecule has 0 aliphatic rings. The second kappa shape index (κ2) is 6.17. The summed E-state index contributed by atoms with van der Waals surface area (Å²) in [5.41, 5.74) is 5.78. The van der Waals surface area contributed by atoms with Gasteiger partial charge >= 0.3 is 0 Å². The van der Waals surface area contributed by atoms with Gasteiger partial charge in [-0.1, -0.05) is 12.1 Å². The van der Waals surface area contributed by atoms with Gasteiger partial charge in [0.05, 0.1) is 18.8 Å². The van der Waals surface area contributed by atoms with Crippen LogP contribution in [0.5, 0.6) is 11.5 Å². The summed E-state index contributed by atoms with van der Waals surface area (Å²) in [6.45, 7) is 3.98. The highest BCUT2D eigenvalue weighted by molar-refractivity contribution is 5.89. The first-order valence-electron chi connectivity index (χ1n) is 6.41. The second-order valence-electron chi connectivity index (χ2n) is 4.60. The number of rotatable bonds is 5. The summed E-state index contributed by atoms with van der Waals surface area (Å²) in [7, 11) is 1.40. The van der Waals surface area contributed by atoms with Crippen molar-refractivity contribution in [3.63, 3.8) is 0 Å². The first-order chi connectivity index (χ1) is 10.0. The van der Waals surface area contributed by atoms with E-state index in [4.69, 9.17) is 9.57 Å². The molecule has 0 fully saturated rings. The third-order valence-corrected chi connectivity index (χ3v) is 3.27. The lowest BCUT2D eigenvalue weighted by Gasteiger charge is -2.14. The summed E-state index contributed by atoms with van der Waals surface area (Å²) in [4.78, 5) is 16.5. The van der Waals surface area contributed by atoms with Gasteiger partial charge in [0.1, 0.15) is 5.75 Å². The molecule has 2 aromatic carbocycles. The number of benzene rings is 2. The van der Waals surface area contributed by atoms with Crippen LogP contribution in [0.25, 0.3) is 0 Å². The number of carboxylic acid groups (broad SMARTS) is 1. The fourth-order valence-corrected chi connectivity index (χ4v) is 1.89. The van der Waals surface area contributed by atoms with E-state index in [-0.39, 0.29) is 11.3 Å². The third kappa shape index (κ3) is 3.25. The normalized spacial score (nSPS) is 10.0. The van der Waals surface area contributed by atoms with E-state index < -0.39 is 5.97 Å². The number of carboxylic acids is 1. The number of aromatic carboxylic acids is 1. The number of ether oxygens (including phenoxy) is 1. The Bertz CT molecular complexity index is 667. The number of nitrogens with one attached hydrogen (secondary N) is 1. The predicted octanol–water partition coefficient (Wildman–Crippen LogP) is 2.08. The van der Waals surface area contributed by atoms with E-state index in [2.05, 4.69) is 5.48 Å². The molecule has 2 rings (SSSR count). The molecule has 0 saturated heterocycles. The maximum atomic E-state index is 11.0. The molecule has 21 heavy (non-hydrogen) atoms. The van der Waals surface area contributed by atoms with Crippen LogP contribution in [-0.2, 0) is 0 Å². The zero-order valence-corrected chi connectivity index (χ0v) is 12.1. The molecule has 0 unspecified atom stereocenters. The molecule has 0 atom stereocenters. The van der Waals surface area contributed by atoms with Crippen molar-refractivity contribution >= 4 is 11.7 Å². The van der Waals surface area contributed by atoms with E-state index in [0.717, 1.165) is 16.8 Å². The highest BCUT2D eigenvalue weighted by Gasteiger charge is 2.07. The molecule has 2 aromatic rings. The number of hydrogen-bond donors (Lipinski definition) is 1. The van der Waals surface area contributed by atoms with Gasteiger partial charge in [0, 0.05) is 5.56 Å². The highest BCUT2D eigenvalue weighted by atomic mass is 16.6. The van der Waals surface area contributed by atoms with Gasteiger partial charge < -0.3 is 19.5 Å². The highest BCUT2D eigenvalue weighted by Crippen LogP contribution is 2.24. The smallest absolute Gasteiger partial charge is 0.155 e. The Kier molecular flexibility index (Phi) is 4.33. The minimum Gasteiger partial charge on any atom is -0.545 e. The first kappa shape index (κ1) is 14.7. The Morgan fingerprint density at radius 1 is 1.19 bits per heavy atom. The molecular formula is C16H16NO4-. The molecule has 0 heterocycles. The van der Waals surface area contributed by atoms with Crippen LogP contribution < -0.4 is 20.2 Å². The van der Waals surface area contributed by atoms with Crippen LogP contribution in [-0.4, -0.2) is 13.1 Å². The lowest BCUT2D eigenvalue weighted by molar-refractivity contribution is -0.255. The largest absolute Gasteiger partial charge is 0.545 e. The van der Waals surface area contributed by atoms with Crippen molar-refractivity contribution in [3.05, 3.63) is 53.1 Å². The molecule has 110 valence electrons. The van der Waals surface area contributed by atoms with Crippen LogP contribution in [0, 0.1) is 13.8 Å². The van der Waals surface area contributed by atoms with Gasteiger partial charge in [0.15, 0.2) is 5.75 Å². The first-order valence-corrected chi connectivity index (χ1v) is 6.41. The Morgan fingerprint density at radius 2 is 1.95 bits per heavy atom. The summed E-state index contributed by atoms with van der Waals surface area (Å²) in [5, 5.41) is 11.0. The Morgan fingerprint density at radius 3 is 2.62 bits per heavy atom. The van der Waals surface area contributed by atoms with Crippen molar-refractivity contribution in [3.8, 4) is 11.5 Å². The number of carbonyl (C=O) groups excluding carboxylic acids is 1. The van der Waals surface area contributed by atoms with Crippen LogP contribution in [0.2, 0.25) is 0 Å². The van der Waals surface area contributed by atoms with Gasteiger partial charge in [-0.15, -0.1) is 0 Å². The minimum atomic E-state index is -1.32. The summed E-state index contributed by atoms with van der Waals surface area (Å²) < 4.78 is 4.96. The van der Waals surface area contributed by atoms with Crippen molar-refractivity contribution in [1.82, 2.24) is 0 Å². The van der Waals surface area contributed by atoms with Crippen molar-refractivity contribution in [1.29, 1.82) is 0 Å². The standard InChI is InChI=1S/C16H17NO4/c1-10-5-4-6-14(11(10)2)17-21-12-7-8-15(20-3)13(9-12)16(18)19/h4-9,17H,1-3H3,(H,18,19)/p-1. The van der Waals surface area contributed by atoms with E-state index >= 15 is 0 Å². The van der Waals surface area contributed by atoms with Crippen LogP contribution in [0.15, 0.2) is 36.4 Å². The van der Waals surface area contributed by atoms with Crippen molar-refractivity contribution in [2.45, 2.75) is 13.8 Å². The molecule has 0 spiro atoms. The summed E-state index contributed by atoms with van der Waals surface area (Å²) in [6.07, 6.45) is 0. The zero-order valence-electron chi connectivity index (χ0n) is 12.1. The minimum absolute atomic E-state index is 0.0576. The summed E-state index contributed by atoms with van der Waals surface area (Å²) in [5.74, 6) is -0.728. The maximum absolute atomic E-state index is 11.0. The van der Waals surface area contributed by atoms with Crippen LogP contribution in [0.4, 0.5) is 5.69 Å². The fourth-order valence-electron chi connectivity index (χ4n) is 1.89. The second-order valence-corrected chi connectivity index (χ2v) is 4.60. The maximum Gasteiger partial charge on any atom is 0.155 e. The number of methoxy groups -OCH3 is 1. The molecule has 0 radical (unpaired) electrons. The molecule has 0 amide bonds. The molecular weight excluding hydrogens is 270 g/mol. The van der Waals surface area contributed by atoms with Crippen LogP contribution >= 0.6 is 0 Å². The number of hydrogen-bond acceptors (Lipinski definition) is 5. The predicted molar refractivity (Wildman–Crippen MR) is 77.5 cm³/mol.